The van der Waals surface area contributed by atoms with Gasteiger partial charge in [0.05, 0.1) is 0 Å². The first-order valence-corrected chi connectivity index (χ1v) is 6.53. The molecular weight excluding hydrogens is 248 g/mol. The van der Waals surface area contributed by atoms with E-state index < -0.39 is 0 Å². The molecule has 0 aliphatic rings. The van der Waals surface area contributed by atoms with Gasteiger partial charge in [-0.3, -0.25) is 0 Å². The summed E-state index contributed by atoms with van der Waals surface area (Å²) in [6.07, 6.45) is 4.43. The molecule has 0 fully saturated rings. The molecular formula is C18H18O2. The smallest absolute Gasteiger partial charge is 0.127 e. The van der Waals surface area contributed by atoms with Crippen molar-refractivity contribution < 1.29 is 10.2 Å². The van der Waals surface area contributed by atoms with Crippen molar-refractivity contribution in [3.8, 4) is 22.6 Å². The summed E-state index contributed by atoms with van der Waals surface area (Å²) in [6.45, 7) is 7.39. The van der Waals surface area contributed by atoms with Gasteiger partial charge in [0.15, 0.2) is 0 Å². The first-order chi connectivity index (χ1) is 9.69. The quantitative estimate of drug-likeness (QED) is 0.628. The second-order valence-corrected chi connectivity index (χ2v) is 4.61. The Morgan fingerprint density at radius 1 is 0.950 bits per heavy atom. The van der Waals surface area contributed by atoms with E-state index in [4.69, 9.17) is 0 Å². The van der Waals surface area contributed by atoms with E-state index in [1.54, 1.807) is 18.2 Å². The molecule has 0 aliphatic carbocycles. The Kier molecular flexibility index (Phi) is 4.26. The summed E-state index contributed by atoms with van der Waals surface area (Å²) in [4.78, 5) is 0. The summed E-state index contributed by atoms with van der Waals surface area (Å²) < 4.78 is 0. The Hall–Kier alpha value is -2.48. The molecule has 0 radical (unpaired) electrons. The summed E-state index contributed by atoms with van der Waals surface area (Å²) >= 11 is 0. The Morgan fingerprint density at radius 2 is 1.60 bits per heavy atom. The lowest BCUT2D eigenvalue weighted by Crippen LogP contribution is -1.94. The van der Waals surface area contributed by atoms with Crippen molar-refractivity contribution in [2.75, 3.05) is 0 Å². The lowest BCUT2D eigenvalue weighted by atomic mass is 9.92. The number of aromatic hydroxyl groups is 2. The molecule has 0 heterocycles. The maximum atomic E-state index is 10.5. The van der Waals surface area contributed by atoms with Crippen LogP contribution in [0.5, 0.6) is 11.5 Å². The molecule has 0 spiro atoms. The summed E-state index contributed by atoms with van der Waals surface area (Å²) in [6, 6.07) is 11.2. The first kappa shape index (κ1) is 13.9. The molecule has 2 rings (SSSR count). The number of rotatable bonds is 5. The predicted octanol–water partition coefficient (Wildman–Crippen LogP) is 4.22. The van der Waals surface area contributed by atoms with E-state index >= 15 is 0 Å². The van der Waals surface area contributed by atoms with Gasteiger partial charge in [-0.05, 0) is 24.5 Å². The minimum Gasteiger partial charge on any atom is -0.508 e. The van der Waals surface area contributed by atoms with E-state index in [1.807, 2.05) is 30.3 Å². The van der Waals surface area contributed by atoms with Gasteiger partial charge in [-0.25, -0.2) is 0 Å². The minimum atomic E-state index is 0.179. The third kappa shape index (κ3) is 2.59. The first-order valence-electron chi connectivity index (χ1n) is 6.53. The number of phenols is 2. The van der Waals surface area contributed by atoms with Crippen LogP contribution in [-0.4, -0.2) is 10.2 Å². The average molecular weight is 266 g/mol. The van der Waals surface area contributed by atoms with Crippen molar-refractivity contribution in [1.82, 2.24) is 0 Å². The standard InChI is InChI=1S/C18H18O2/c1-3-8-14-12-16(19)15(9-4-2)17(18(14)20)13-10-6-5-7-11-13/h3-7,10-12,19-20H,1-2,8-9H2. The number of phenolic OH excluding ortho intramolecular Hbond substituents is 2. The fourth-order valence-electron chi connectivity index (χ4n) is 2.33. The molecule has 2 aromatic carbocycles. The van der Waals surface area contributed by atoms with Crippen LogP contribution in [0.3, 0.4) is 0 Å². The highest BCUT2D eigenvalue weighted by molar-refractivity contribution is 5.78. The average Bonchev–Trinajstić information content (AvgIpc) is 2.46. The number of hydrogen-bond acceptors (Lipinski definition) is 2. The maximum Gasteiger partial charge on any atom is 0.127 e. The fourth-order valence-corrected chi connectivity index (χ4v) is 2.33. The van der Waals surface area contributed by atoms with E-state index in [9.17, 15) is 10.2 Å². The fraction of sp³-hybridized carbons (Fsp3) is 0.111. The highest BCUT2D eigenvalue weighted by Gasteiger charge is 2.17. The van der Waals surface area contributed by atoms with Gasteiger partial charge >= 0.3 is 0 Å². The normalized spacial score (nSPS) is 10.2. The Labute approximate surface area is 119 Å². The summed E-state index contributed by atoms with van der Waals surface area (Å²) in [5.74, 6) is 0.379. The summed E-state index contributed by atoms with van der Waals surface area (Å²) in [5.41, 5.74) is 2.91. The van der Waals surface area contributed by atoms with Crippen molar-refractivity contribution >= 4 is 0 Å². The molecule has 2 N–H and O–H groups in total. The second-order valence-electron chi connectivity index (χ2n) is 4.61. The van der Waals surface area contributed by atoms with Gasteiger partial charge in [-0.2, -0.15) is 0 Å². The lowest BCUT2D eigenvalue weighted by molar-refractivity contribution is 0.453. The highest BCUT2D eigenvalue weighted by atomic mass is 16.3. The van der Waals surface area contributed by atoms with Crippen molar-refractivity contribution in [2.24, 2.45) is 0 Å². The Bertz CT molecular complexity index is 628. The molecule has 0 aromatic heterocycles. The van der Waals surface area contributed by atoms with Crippen LogP contribution in [0.4, 0.5) is 0 Å². The SMILES string of the molecule is C=CCc1cc(O)c(CC=C)c(-c2ccccc2)c1O. The Balaban J connectivity index is 2.73. The molecule has 0 bridgehead atoms. The highest BCUT2D eigenvalue weighted by Crippen LogP contribution is 2.41. The van der Waals surface area contributed by atoms with E-state index in [0.29, 0.717) is 29.5 Å². The molecule has 0 amide bonds. The zero-order valence-corrected chi connectivity index (χ0v) is 11.3. The van der Waals surface area contributed by atoms with Gasteiger partial charge in [-0.15, -0.1) is 13.2 Å². The minimum absolute atomic E-state index is 0.179. The van der Waals surface area contributed by atoms with Crippen molar-refractivity contribution in [2.45, 2.75) is 12.8 Å². The van der Waals surface area contributed by atoms with Gasteiger partial charge in [0.2, 0.25) is 0 Å². The van der Waals surface area contributed by atoms with E-state index in [2.05, 4.69) is 13.2 Å². The van der Waals surface area contributed by atoms with Gasteiger partial charge in [0, 0.05) is 16.7 Å². The van der Waals surface area contributed by atoms with Crippen molar-refractivity contribution in [1.29, 1.82) is 0 Å². The molecule has 0 saturated carbocycles. The van der Waals surface area contributed by atoms with Gasteiger partial charge in [0.25, 0.3) is 0 Å². The topological polar surface area (TPSA) is 40.5 Å². The predicted molar refractivity (Wildman–Crippen MR) is 83.0 cm³/mol. The number of hydrogen-bond donors (Lipinski definition) is 2. The van der Waals surface area contributed by atoms with Crippen LogP contribution < -0.4 is 0 Å². The van der Waals surface area contributed by atoms with Crippen LogP contribution in [0.2, 0.25) is 0 Å². The molecule has 0 aliphatic heterocycles. The molecule has 0 unspecified atom stereocenters. The number of benzene rings is 2. The molecule has 102 valence electrons. The third-order valence-corrected chi connectivity index (χ3v) is 3.24. The van der Waals surface area contributed by atoms with E-state index in [0.717, 1.165) is 5.56 Å². The maximum absolute atomic E-state index is 10.5. The van der Waals surface area contributed by atoms with Crippen LogP contribution in [0.25, 0.3) is 11.1 Å². The van der Waals surface area contributed by atoms with Crippen molar-refractivity contribution in [3.63, 3.8) is 0 Å². The third-order valence-electron chi connectivity index (χ3n) is 3.24. The van der Waals surface area contributed by atoms with Crippen LogP contribution in [0.15, 0.2) is 61.7 Å². The van der Waals surface area contributed by atoms with Crippen molar-refractivity contribution in [3.05, 3.63) is 72.8 Å². The van der Waals surface area contributed by atoms with Gasteiger partial charge < -0.3 is 10.2 Å². The van der Waals surface area contributed by atoms with Gasteiger partial charge in [-0.1, -0.05) is 42.5 Å². The molecule has 2 nitrogen and oxygen atoms in total. The van der Waals surface area contributed by atoms with E-state index in [-0.39, 0.29) is 11.5 Å². The van der Waals surface area contributed by atoms with E-state index in [1.165, 1.54) is 0 Å². The van der Waals surface area contributed by atoms with Crippen LogP contribution in [0, 0.1) is 0 Å². The largest absolute Gasteiger partial charge is 0.508 e. The summed E-state index contributed by atoms with van der Waals surface area (Å²) in [5, 5.41) is 20.7. The lowest BCUT2D eigenvalue weighted by Gasteiger charge is -2.16. The molecule has 0 saturated heterocycles. The molecule has 2 heteroatoms. The Morgan fingerprint density at radius 3 is 2.20 bits per heavy atom. The summed E-state index contributed by atoms with van der Waals surface area (Å²) in [7, 11) is 0. The molecule has 0 atom stereocenters. The zero-order chi connectivity index (χ0) is 14.5. The van der Waals surface area contributed by atoms with Crippen LogP contribution in [0.1, 0.15) is 11.1 Å². The monoisotopic (exact) mass is 266 g/mol. The van der Waals surface area contributed by atoms with Crippen LogP contribution in [-0.2, 0) is 12.8 Å². The molecule has 2 aromatic rings. The molecule has 20 heavy (non-hydrogen) atoms. The zero-order valence-electron chi connectivity index (χ0n) is 11.3. The van der Waals surface area contributed by atoms with Gasteiger partial charge in [0.1, 0.15) is 11.5 Å². The van der Waals surface area contributed by atoms with Crippen LogP contribution >= 0.6 is 0 Å². The number of allylic oxidation sites excluding steroid dienone is 2. The second kappa shape index (κ2) is 6.11.